The molecular weight excluding hydrogens is 214 g/mol. The molecule has 2 rings (SSSR count). The highest BCUT2D eigenvalue weighted by Crippen LogP contribution is 2.27. The Kier molecular flexibility index (Phi) is 3.94. The van der Waals surface area contributed by atoms with Crippen LogP contribution in [-0.4, -0.2) is 17.6 Å². The number of nitrogens with two attached hydrogens (primary N) is 1. The van der Waals surface area contributed by atoms with Crippen molar-refractivity contribution < 1.29 is 4.74 Å². The molecule has 4 heteroatoms. The predicted octanol–water partition coefficient (Wildman–Crippen LogP) is 1.85. The fourth-order valence-corrected chi connectivity index (χ4v) is 2.27. The summed E-state index contributed by atoms with van der Waals surface area (Å²) in [5, 5.41) is 8.68. The number of hydrogen-bond acceptors (Lipinski definition) is 4. The van der Waals surface area contributed by atoms with E-state index in [-0.39, 0.29) is 6.10 Å². The standard InChI is InChI=1S/C13H17N3O/c14-7-10-5-6-13(16-9-10)17-12-4-2-1-3-11(12)8-15/h5-6,9,11-12H,1-4,8,15H2. The fourth-order valence-electron chi connectivity index (χ4n) is 2.27. The summed E-state index contributed by atoms with van der Waals surface area (Å²) in [5.74, 6) is 1.02. The zero-order valence-corrected chi connectivity index (χ0v) is 9.80. The van der Waals surface area contributed by atoms with Gasteiger partial charge in [-0.25, -0.2) is 4.98 Å². The molecule has 2 atom stereocenters. The molecule has 4 nitrogen and oxygen atoms in total. The van der Waals surface area contributed by atoms with Crippen LogP contribution in [0.5, 0.6) is 5.88 Å². The van der Waals surface area contributed by atoms with Crippen molar-refractivity contribution in [2.45, 2.75) is 31.8 Å². The first-order chi connectivity index (χ1) is 8.33. The molecule has 1 saturated carbocycles. The molecule has 1 fully saturated rings. The van der Waals surface area contributed by atoms with Gasteiger partial charge in [-0.05, 0) is 31.9 Å². The molecule has 0 bridgehead atoms. The number of ether oxygens (including phenoxy) is 1. The molecule has 0 aromatic carbocycles. The summed E-state index contributed by atoms with van der Waals surface area (Å²) in [4.78, 5) is 4.13. The summed E-state index contributed by atoms with van der Waals surface area (Å²) in [6.07, 6.45) is 6.32. The normalized spacial score (nSPS) is 24.0. The van der Waals surface area contributed by atoms with Gasteiger partial charge in [-0.15, -0.1) is 0 Å². The quantitative estimate of drug-likeness (QED) is 0.861. The number of rotatable bonds is 3. The minimum atomic E-state index is 0.175. The van der Waals surface area contributed by atoms with E-state index in [2.05, 4.69) is 4.98 Å². The summed E-state index contributed by atoms with van der Waals surface area (Å²) < 4.78 is 5.86. The predicted molar refractivity (Wildman–Crippen MR) is 64.4 cm³/mol. The van der Waals surface area contributed by atoms with Crippen molar-refractivity contribution in [3.63, 3.8) is 0 Å². The molecule has 0 spiro atoms. The third-order valence-electron chi connectivity index (χ3n) is 3.28. The van der Waals surface area contributed by atoms with Crippen LogP contribution in [0.15, 0.2) is 18.3 Å². The van der Waals surface area contributed by atoms with E-state index in [0.717, 1.165) is 12.8 Å². The topological polar surface area (TPSA) is 71.9 Å². The monoisotopic (exact) mass is 231 g/mol. The lowest BCUT2D eigenvalue weighted by molar-refractivity contribution is 0.0923. The Labute approximate surface area is 101 Å². The van der Waals surface area contributed by atoms with Crippen LogP contribution in [0.25, 0.3) is 0 Å². The SMILES string of the molecule is N#Cc1ccc(OC2CCCCC2CN)nc1. The average molecular weight is 231 g/mol. The van der Waals surface area contributed by atoms with Crippen molar-refractivity contribution in [1.82, 2.24) is 4.98 Å². The van der Waals surface area contributed by atoms with Gasteiger partial charge in [-0.1, -0.05) is 6.42 Å². The van der Waals surface area contributed by atoms with Crippen LogP contribution < -0.4 is 10.5 Å². The Balaban J connectivity index is 2.01. The molecule has 17 heavy (non-hydrogen) atoms. The van der Waals surface area contributed by atoms with Crippen LogP contribution in [0.3, 0.4) is 0 Å². The number of hydrogen-bond donors (Lipinski definition) is 1. The molecule has 0 radical (unpaired) electrons. The maximum absolute atomic E-state index is 8.68. The Morgan fingerprint density at radius 2 is 2.24 bits per heavy atom. The van der Waals surface area contributed by atoms with E-state index < -0.39 is 0 Å². The smallest absolute Gasteiger partial charge is 0.213 e. The Bertz CT molecular complexity index is 396. The van der Waals surface area contributed by atoms with Crippen LogP contribution in [0.4, 0.5) is 0 Å². The molecule has 90 valence electrons. The maximum atomic E-state index is 8.68. The highest BCUT2D eigenvalue weighted by molar-refractivity contribution is 5.28. The number of nitriles is 1. The van der Waals surface area contributed by atoms with Crippen molar-refractivity contribution in [3.8, 4) is 11.9 Å². The van der Waals surface area contributed by atoms with Crippen LogP contribution >= 0.6 is 0 Å². The maximum Gasteiger partial charge on any atom is 0.213 e. The second-order valence-electron chi connectivity index (χ2n) is 4.43. The first kappa shape index (κ1) is 11.9. The molecule has 1 aromatic heterocycles. The van der Waals surface area contributed by atoms with E-state index in [1.54, 1.807) is 12.1 Å². The highest BCUT2D eigenvalue weighted by atomic mass is 16.5. The molecule has 1 aliphatic rings. The van der Waals surface area contributed by atoms with Crippen molar-refractivity contribution >= 4 is 0 Å². The van der Waals surface area contributed by atoms with E-state index in [4.69, 9.17) is 15.7 Å². The van der Waals surface area contributed by atoms with E-state index in [1.807, 2.05) is 6.07 Å². The van der Waals surface area contributed by atoms with Crippen molar-refractivity contribution in [2.24, 2.45) is 11.7 Å². The van der Waals surface area contributed by atoms with Crippen molar-refractivity contribution in [1.29, 1.82) is 5.26 Å². The molecule has 1 aliphatic carbocycles. The lowest BCUT2D eigenvalue weighted by atomic mass is 9.86. The van der Waals surface area contributed by atoms with Gasteiger partial charge in [0.1, 0.15) is 12.2 Å². The third-order valence-corrected chi connectivity index (χ3v) is 3.28. The summed E-state index contributed by atoms with van der Waals surface area (Å²) in [7, 11) is 0. The molecule has 1 aromatic rings. The second-order valence-corrected chi connectivity index (χ2v) is 4.43. The van der Waals surface area contributed by atoms with Gasteiger partial charge in [0.15, 0.2) is 0 Å². The molecule has 0 amide bonds. The highest BCUT2D eigenvalue weighted by Gasteiger charge is 2.25. The van der Waals surface area contributed by atoms with E-state index in [1.165, 1.54) is 19.0 Å². The van der Waals surface area contributed by atoms with Gasteiger partial charge >= 0.3 is 0 Å². The van der Waals surface area contributed by atoms with Gasteiger partial charge in [0.05, 0.1) is 5.56 Å². The molecule has 2 unspecified atom stereocenters. The van der Waals surface area contributed by atoms with Gasteiger partial charge < -0.3 is 10.5 Å². The van der Waals surface area contributed by atoms with Crippen LogP contribution in [0.1, 0.15) is 31.2 Å². The lowest BCUT2D eigenvalue weighted by Crippen LogP contribution is -2.35. The number of pyridine rings is 1. The molecule has 2 N–H and O–H groups in total. The van der Waals surface area contributed by atoms with Crippen LogP contribution in [0.2, 0.25) is 0 Å². The number of aromatic nitrogens is 1. The summed E-state index contributed by atoms with van der Waals surface area (Å²) in [6, 6.07) is 5.52. The zero-order chi connectivity index (χ0) is 12.1. The van der Waals surface area contributed by atoms with E-state index >= 15 is 0 Å². The van der Waals surface area contributed by atoms with Gasteiger partial charge in [0, 0.05) is 18.2 Å². The molecule has 0 aliphatic heterocycles. The average Bonchev–Trinajstić information content (AvgIpc) is 2.40. The Hall–Kier alpha value is -1.60. The lowest BCUT2D eigenvalue weighted by Gasteiger charge is -2.30. The van der Waals surface area contributed by atoms with E-state index in [0.29, 0.717) is 23.9 Å². The van der Waals surface area contributed by atoms with Crippen molar-refractivity contribution in [2.75, 3.05) is 6.54 Å². The van der Waals surface area contributed by atoms with Crippen molar-refractivity contribution in [3.05, 3.63) is 23.9 Å². The first-order valence-electron chi connectivity index (χ1n) is 6.06. The zero-order valence-electron chi connectivity index (χ0n) is 9.80. The fraction of sp³-hybridized carbons (Fsp3) is 0.538. The number of nitrogens with zero attached hydrogens (tertiary/aromatic N) is 2. The van der Waals surface area contributed by atoms with Gasteiger partial charge in [-0.2, -0.15) is 5.26 Å². The van der Waals surface area contributed by atoms with E-state index in [9.17, 15) is 0 Å². The van der Waals surface area contributed by atoms with Crippen LogP contribution in [-0.2, 0) is 0 Å². The van der Waals surface area contributed by atoms with Gasteiger partial charge in [0.25, 0.3) is 0 Å². The minimum absolute atomic E-state index is 0.175. The third kappa shape index (κ3) is 2.95. The molecule has 1 heterocycles. The summed E-state index contributed by atoms with van der Waals surface area (Å²) in [5.41, 5.74) is 6.30. The summed E-state index contributed by atoms with van der Waals surface area (Å²) >= 11 is 0. The Morgan fingerprint density at radius 1 is 1.41 bits per heavy atom. The second kappa shape index (κ2) is 5.65. The van der Waals surface area contributed by atoms with Gasteiger partial charge in [-0.3, -0.25) is 0 Å². The first-order valence-corrected chi connectivity index (χ1v) is 6.06. The summed E-state index contributed by atoms with van der Waals surface area (Å²) in [6.45, 7) is 0.668. The molecule has 0 saturated heterocycles. The molecular formula is C13H17N3O. The largest absolute Gasteiger partial charge is 0.474 e. The Morgan fingerprint density at radius 3 is 2.88 bits per heavy atom. The van der Waals surface area contributed by atoms with Gasteiger partial charge in [0.2, 0.25) is 5.88 Å². The van der Waals surface area contributed by atoms with Crippen LogP contribution in [0, 0.1) is 17.2 Å². The minimum Gasteiger partial charge on any atom is -0.474 e.